The number of hydrogen-bond donors (Lipinski definition) is 2. The number of halogens is 2. The molecule has 3 aliphatic carbocycles. The average molecular weight is 466 g/mol. The molecule has 0 aromatic heterocycles. The Morgan fingerprint density at radius 1 is 1.24 bits per heavy atom. The van der Waals surface area contributed by atoms with E-state index in [0.717, 1.165) is 37.2 Å². The van der Waals surface area contributed by atoms with Crippen LogP contribution in [0.4, 0.5) is 8.78 Å². The van der Waals surface area contributed by atoms with E-state index < -0.39 is 25.2 Å². The van der Waals surface area contributed by atoms with Gasteiger partial charge in [0.15, 0.2) is 0 Å². The Labute approximate surface area is 197 Å². The molecule has 186 valence electrons. The summed E-state index contributed by atoms with van der Waals surface area (Å²) >= 11 is 0. The largest absolute Gasteiger partial charge is 0.393 e. The maximum absolute atomic E-state index is 12.3. The van der Waals surface area contributed by atoms with Gasteiger partial charge in [-0.2, -0.15) is 0 Å². The zero-order valence-corrected chi connectivity index (χ0v) is 20.2. The van der Waals surface area contributed by atoms with Gasteiger partial charge in [-0.1, -0.05) is 38.2 Å². The zero-order valence-electron chi connectivity index (χ0n) is 20.2. The van der Waals surface area contributed by atoms with E-state index in [1.165, 1.54) is 31.3 Å². The number of allylic oxidation sites excluding steroid dienone is 3. The van der Waals surface area contributed by atoms with Gasteiger partial charge in [-0.25, -0.2) is 8.78 Å². The smallest absolute Gasteiger partial charge is 0.261 e. The second-order valence-corrected chi connectivity index (χ2v) is 11.2. The summed E-state index contributed by atoms with van der Waals surface area (Å²) in [6.45, 7) is 11.0. The molecule has 2 N–H and O–H groups in total. The molecule has 4 aliphatic rings. The molecule has 6 atom stereocenters. The van der Waals surface area contributed by atoms with E-state index in [9.17, 15) is 19.0 Å². The van der Waals surface area contributed by atoms with Crippen molar-refractivity contribution >= 4 is 0 Å². The van der Waals surface area contributed by atoms with Gasteiger partial charge >= 0.3 is 0 Å². The molecule has 0 spiro atoms. The van der Waals surface area contributed by atoms with Crippen molar-refractivity contribution in [3.63, 3.8) is 0 Å². The number of nitrogens with zero attached hydrogens (tertiary/aromatic N) is 1. The molecular weight excluding hydrogens is 424 g/mol. The highest BCUT2D eigenvalue weighted by molar-refractivity contribution is 5.38. The van der Waals surface area contributed by atoms with E-state index in [-0.39, 0.29) is 6.10 Å². The monoisotopic (exact) mass is 465 g/mol. The summed E-state index contributed by atoms with van der Waals surface area (Å²) in [4.78, 5) is 2.35. The van der Waals surface area contributed by atoms with E-state index in [0.29, 0.717) is 36.0 Å². The highest BCUT2D eigenvalue weighted by Gasteiger charge is 2.51. The number of hydrogen-bond acceptors (Lipinski definition) is 4. The van der Waals surface area contributed by atoms with Gasteiger partial charge in [0.25, 0.3) is 6.43 Å². The van der Waals surface area contributed by atoms with Crippen LogP contribution < -0.4 is 0 Å². The fraction of sp³-hybridized carbons (Fsp3) is 0.778. The molecule has 1 aliphatic heterocycles. The first-order valence-electron chi connectivity index (χ1n) is 12.7. The van der Waals surface area contributed by atoms with Gasteiger partial charge in [0.05, 0.1) is 18.3 Å². The number of aliphatic hydroxyl groups excluding tert-OH is 2. The van der Waals surface area contributed by atoms with Crippen molar-refractivity contribution in [1.29, 1.82) is 0 Å². The number of alkyl halides is 2. The molecular formula is C27H41F2NO3. The van der Waals surface area contributed by atoms with Crippen molar-refractivity contribution in [3.05, 3.63) is 35.5 Å². The summed E-state index contributed by atoms with van der Waals surface area (Å²) in [6.07, 6.45) is 7.78. The van der Waals surface area contributed by atoms with Crippen molar-refractivity contribution in [2.24, 2.45) is 23.2 Å². The van der Waals surface area contributed by atoms with Crippen molar-refractivity contribution in [2.45, 2.75) is 83.5 Å². The quantitative estimate of drug-likeness (QED) is 0.571. The molecule has 6 heteroatoms. The summed E-state index contributed by atoms with van der Waals surface area (Å²) in [5.41, 5.74) is 3.53. The lowest BCUT2D eigenvalue weighted by molar-refractivity contribution is -0.0942. The molecule has 4 rings (SSSR count). The van der Waals surface area contributed by atoms with E-state index in [2.05, 4.69) is 37.5 Å². The molecule has 3 saturated carbocycles. The minimum atomic E-state index is -2.39. The van der Waals surface area contributed by atoms with Crippen LogP contribution in [0.1, 0.15) is 58.8 Å². The number of rotatable bonds is 7. The maximum Gasteiger partial charge on any atom is 0.261 e. The third kappa shape index (κ3) is 5.44. The van der Waals surface area contributed by atoms with E-state index in [1.807, 2.05) is 0 Å². The van der Waals surface area contributed by atoms with Crippen LogP contribution in [0.5, 0.6) is 0 Å². The Kier molecular flexibility index (Phi) is 7.79. The van der Waals surface area contributed by atoms with Crippen molar-refractivity contribution < 1.29 is 23.7 Å². The molecule has 33 heavy (non-hydrogen) atoms. The minimum Gasteiger partial charge on any atom is -0.393 e. The zero-order chi connectivity index (χ0) is 23.8. The lowest BCUT2D eigenvalue weighted by Crippen LogP contribution is -2.54. The molecule has 0 bridgehead atoms. The van der Waals surface area contributed by atoms with Gasteiger partial charge in [-0.05, 0) is 72.8 Å². The Hall–Kier alpha value is -1.08. The molecule has 0 unspecified atom stereocenters. The van der Waals surface area contributed by atoms with Crippen molar-refractivity contribution in [2.75, 3.05) is 26.2 Å². The highest BCUT2D eigenvalue weighted by atomic mass is 19.3. The van der Waals surface area contributed by atoms with Gasteiger partial charge in [-0.3, -0.25) is 4.90 Å². The molecule has 0 aromatic carbocycles. The van der Waals surface area contributed by atoms with Crippen LogP contribution >= 0.6 is 0 Å². The number of aliphatic hydroxyl groups is 2. The molecule has 4 fully saturated rings. The predicted octanol–water partition coefficient (Wildman–Crippen LogP) is 4.73. The van der Waals surface area contributed by atoms with Gasteiger partial charge < -0.3 is 14.9 Å². The Morgan fingerprint density at radius 2 is 2.00 bits per heavy atom. The Balaban J connectivity index is 1.37. The summed E-state index contributed by atoms with van der Waals surface area (Å²) < 4.78 is 29.9. The topological polar surface area (TPSA) is 52.9 Å². The van der Waals surface area contributed by atoms with E-state index in [1.54, 1.807) is 0 Å². The van der Waals surface area contributed by atoms with Crippen molar-refractivity contribution in [1.82, 2.24) is 4.90 Å². The lowest BCUT2D eigenvalue weighted by Gasteiger charge is -2.47. The third-order valence-electron chi connectivity index (χ3n) is 8.92. The van der Waals surface area contributed by atoms with Crippen LogP contribution in [-0.2, 0) is 4.74 Å². The molecule has 1 saturated heterocycles. The lowest BCUT2D eigenvalue weighted by atomic mass is 9.61. The van der Waals surface area contributed by atoms with E-state index in [4.69, 9.17) is 4.74 Å². The fourth-order valence-corrected chi connectivity index (χ4v) is 7.20. The van der Waals surface area contributed by atoms with Gasteiger partial charge in [-0.15, -0.1) is 0 Å². The molecule has 1 heterocycles. The van der Waals surface area contributed by atoms with Crippen LogP contribution in [0, 0.1) is 23.2 Å². The highest BCUT2D eigenvalue weighted by Crippen LogP contribution is 2.59. The summed E-state index contributed by atoms with van der Waals surface area (Å²) in [6, 6.07) is 0. The van der Waals surface area contributed by atoms with Crippen LogP contribution in [0.25, 0.3) is 0 Å². The average Bonchev–Trinajstić information content (AvgIpc) is 3.08. The minimum absolute atomic E-state index is 0.0399. The fourth-order valence-electron chi connectivity index (χ4n) is 7.20. The molecule has 0 radical (unpaired) electrons. The Bertz CT molecular complexity index is 775. The number of fused-ring (bicyclic) bond motifs is 1. The second-order valence-electron chi connectivity index (χ2n) is 11.2. The standard InChI is InChI=1S/C27H41F2NO3/c1-17(13-30-14-22(15-30)33-16-26(28)29)23-8-9-24-19(5-4-10-27(23,24)3)6-7-20-11-21(31)12-25(32)18(20)2/h6-7,17,21-26,31-32H,2,4-5,8-16H2,1,3H3/b19-6+,20-7-/t17-,21-,23-,24+,25+,27-/m1/s1. The summed E-state index contributed by atoms with van der Waals surface area (Å²) in [5.74, 6) is 1.81. The maximum atomic E-state index is 12.3. The van der Waals surface area contributed by atoms with Crippen molar-refractivity contribution in [3.8, 4) is 0 Å². The van der Waals surface area contributed by atoms with Crippen LogP contribution in [0.3, 0.4) is 0 Å². The van der Waals surface area contributed by atoms with Crippen LogP contribution in [-0.4, -0.2) is 66.1 Å². The Morgan fingerprint density at radius 3 is 2.73 bits per heavy atom. The number of ether oxygens (including phenoxy) is 1. The van der Waals surface area contributed by atoms with Gasteiger partial charge in [0, 0.05) is 26.1 Å². The molecule has 0 amide bonds. The van der Waals surface area contributed by atoms with Crippen LogP contribution in [0.15, 0.2) is 35.5 Å². The first-order valence-corrected chi connectivity index (χ1v) is 12.7. The second kappa shape index (κ2) is 10.3. The first-order chi connectivity index (χ1) is 15.7. The first kappa shape index (κ1) is 25.0. The van der Waals surface area contributed by atoms with E-state index >= 15 is 0 Å². The summed E-state index contributed by atoms with van der Waals surface area (Å²) in [5, 5.41) is 20.2. The van der Waals surface area contributed by atoms with Crippen LogP contribution in [0.2, 0.25) is 0 Å². The van der Waals surface area contributed by atoms with Gasteiger partial charge in [0.1, 0.15) is 6.61 Å². The van der Waals surface area contributed by atoms with Gasteiger partial charge in [0.2, 0.25) is 0 Å². The SMILES string of the molecule is C=C1/C(=C\C=C2/CCC[C@]3(C)[C@@H]([C@H](C)CN4CC(OCC(F)F)C4)CC[C@@H]23)C[C@@H](O)C[C@@H]1O. The summed E-state index contributed by atoms with van der Waals surface area (Å²) in [7, 11) is 0. The third-order valence-corrected chi connectivity index (χ3v) is 8.92. The number of likely N-dealkylation sites (tertiary alicyclic amines) is 1. The molecule has 4 nitrogen and oxygen atoms in total. The normalized spacial score (nSPS) is 39.3. The predicted molar refractivity (Wildman–Crippen MR) is 126 cm³/mol. The molecule has 0 aromatic rings.